The van der Waals surface area contributed by atoms with Gasteiger partial charge in [-0.2, -0.15) is 15.6 Å². The summed E-state index contributed by atoms with van der Waals surface area (Å²) in [5.41, 5.74) is 6.95. The monoisotopic (exact) mass is 770 g/mol. The van der Waals surface area contributed by atoms with Crippen molar-refractivity contribution < 1.29 is 28.2 Å². The number of halogens is 1. The predicted molar refractivity (Wildman–Crippen MR) is 213 cm³/mol. The number of nitrogen functional groups attached to an aromatic ring is 1. The van der Waals surface area contributed by atoms with Crippen molar-refractivity contribution in [2.75, 3.05) is 26.1 Å². The molecule has 2 aromatic heterocycles. The SMILES string of the molecule is CCCCCCCCCCCCCCCCCCCCCOP(O)OCC(C#N)(CCc1ccc2c(N)ncnn12)OC.N#Cc1cc(F)cc(CO)c1. The number of rotatable bonds is 29. The third kappa shape index (κ3) is 19.4. The molecule has 0 fully saturated rings. The highest BCUT2D eigenvalue weighted by atomic mass is 31.2. The highest BCUT2D eigenvalue weighted by Crippen LogP contribution is 2.35. The average molecular weight is 771 g/mol. The third-order valence-electron chi connectivity index (χ3n) is 9.57. The minimum atomic E-state index is -2.06. The van der Waals surface area contributed by atoms with Crippen molar-refractivity contribution in [3.05, 3.63) is 59.3 Å². The second-order valence-corrected chi connectivity index (χ2v) is 14.9. The number of hydrogen-bond acceptors (Lipinski definition) is 10. The highest BCUT2D eigenvalue weighted by molar-refractivity contribution is 7.40. The van der Waals surface area contributed by atoms with Crippen LogP contribution in [-0.2, 0) is 26.8 Å². The van der Waals surface area contributed by atoms with E-state index < -0.39 is 20.0 Å². The molecule has 2 unspecified atom stereocenters. The molecule has 0 radical (unpaired) electrons. The van der Waals surface area contributed by atoms with Crippen molar-refractivity contribution in [3.63, 3.8) is 0 Å². The van der Waals surface area contributed by atoms with Crippen molar-refractivity contribution in [3.8, 4) is 12.1 Å². The number of unbranched alkanes of at least 4 members (excludes halogenated alkanes) is 18. The van der Waals surface area contributed by atoms with Crippen molar-refractivity contribution in [1.29, 1.82) is 10.5 Å². The van der Waals surface area contributed by atoms with Gasteiger partial charge in [0.15, 0.2) is 11.4 Å². The summed E-state index contributed by atoms with van der Waals surface area (Å²) in [5, 5.41) is 31.0. The van der Waals surface area contributed by atoms with Gasteiger partial charge in [-0.1, -0.05) is 122 Å². The topological polar surface area (TPSA) is 172 Å². The Morgan fingerprint density at radius 3 is 1.94 bits per heavy atom. The number of aliphatic hydroxyl groups is 1. The highest BCUT2D eigenvalue weighted by Gasteiger charge is 2.32. The Labute approximate surface area is 324 Å². The Bertz CT molecular complexity index is 1520. The molecule has 2 heterocycles. The Morgan fingerprint density at radius 1 is 0.852 bits per heavy atom. The molecule has 1 aromatic carbocycles. The molecule has 0 saturated carbocycles. The summed E-state index contributed by atoms with van der Waals surface area (Å²) in [5.74, 6) is -0.0935. The van der Waals surface area contributed by atoms with Crippen LogP contribution in [0.5, 0.6) is 0 Å². The second kappa shape index (κ2) is 29.1. The van der Waals surface area contributed by atoms with E-state index in [9.17, 15) is 14.5 Å². The van der Waals surface area contributed by atoms with Gasteiger partial charge in [-0.05, 0) is 55.2 Å². The number of aromatic nitrogens is 3. The van der Waals surface area contributed by atoms with Gasteiger partial charge in [0, 0.05) is 12.8 Å². The Balaban J connectivity index is 0.000000780. The van der Waals surface area contributed by atoms with Crippen LogP contribution < -0.4 is 5.73 Å². The minimum Gasteiger partial charge on any atom is -0.392 e. The first-order valence-corrected chi connectivity index (χ1v) is 21.0. The molecule has 300 valence electrons. The molecule has 3 rings (SSSR count). The molecule has 0 aliphatic heterocycles. The summed E-state index contributed by atoms with van der Waals surface area (Å²) in [4.78, 5) is 14.2. The van der Waals surface area contributed by atoms with Crippen molar-refractivity contribution in [1.82, 2.24) is 14.6 Å². The lowest BCUT2D eigenvalue weighted by Gasteiger charge is -2.25. The molecule has 54 heavy (non-hydrogen) atoms. The van der Waals surface area contributed by atoms with E-state index in [1.165, 1.54) is 135 Å². The number of ether oxygens (including phenoxy) is 1. The number of anilines is 1. The number of nitrogens with zero attached hydrogens (tertiary/aromatic N) is 5. The largest absolute Gasteiger partial charge is 0.392 e. The fraction of sp³-hybridized carbons (Fsp3) is 0.659. The predicted octanol–water partition coefficient (Wildman–Crippen LogP) is 10.0. The molecule has 0 saturated heterocycles. The zero-order valence-corrected chi connectivity index (χ0v) is 33.6. The first kappa shape index (κ1) is 46.9. The Hall–Kier alpha value is -3.22. The molecule has 2 atom stereocenters. The number of methoxy groups -OCH3 is 1. The molecule has 0 spiro atoms. The van der Waals surface area contributed by atoms with Crippen molar-refractivity contribution in [2.45, 2.75) is 154 Å². The van der Waals surface area contributed by atoms with Crippen LogP contribution >= 0.6 is 8.60 Å². The zero-order valence-electron chi connectivity index (χ0n) is 32.7. The lowest BCUT2D eigenvalue weighted by molar-refractivity contribution is -0.0108. The van der Waals surface area contributed by atoms with E-state index in [0.29, 0.717) is 30.8 Å². The standard InChI is InChI=1S/C33H58N5O4P.C8H6FNO/c1-3-4-5-6-7-8-9-10-11-12-13-14-15-16-17-18-19-20-21-26-41-43(39)42-28-33(27-34,40-2)25-24-30-22-23-31-32(35)36-29-37-38(30)31;9-8-2-6(4-10)1-7(3-8)5-11/h22-23,29,39H,3-21,24-26,28H2,1-2H3,(H2,35,36,37);1-3,11H,5H2. The maximum absolute atomic E-state index is 12.5. The van der Waals surface area contributed by atoms with E-state index in [-0.39, 0.29) is 18.8 Å². The maximum Gasteiger partial charge on any atom is 0.329 e. The van der Waals surface area contributed by atoms with Gasteiger partial charge in [0.25, 0.3) is 0 Å². The summed E-state index contributed by atoms with van der Waals surface area (Å²) >= 11 is 0. The smallest absolute Gasteiger partial charge is 0.329 e. The lowest BCUT2D eigenvalue weighted by Crippen LogP contribution is -2.35. The fourth-order valence-electron chi connectivity index (χ4n) is 6.22. The van der Waals surface area contributed by atoms with Crippen LogP contribution in [0.4, 0.5) is 10.2 Å². The number of aryl methyl sites for hydroxylation is 1. The van der Waals surface area contributed by atoms with Crippen LogP contribution in [0, 0.1) is 28.5 Å². The number of aliphatic hydroxyl groups excluding tert-OH is 1. The molecule has 11 nitrogen and oxygen atoms in total. The molecule has 0 aliphatic rings. The van der Waals surface area contributed by atoms with Crippen LogP contribution in [0.3, 0.4) is 0 Å². The summed E-state index contributed by atoms with van der Waals surface area (Å²) in [6.07, 6.45) is 27.7. The van der Waals surface area contributed by atoms with Gasteiger partial charge in [0.1, 0.15) is 23.7 Å². The summed E-state index contributed by atoms with van der Waals surface area (Å²) in [7, 11) is -0.590. The van der Waals surface area contributed by atoms with E-state index >= 15 is 0 Å². The molecule has 13 heteroatoms. The molecule has 0 bridgehead atoms. The zero-order chi connectivity index (χ0) is 39.3. The molecular weight excluding hydrogens is 706 g/mol. The van der Waals surface area contributed by atoms with Crippen LogP contribution in [0.25, 0.3) is 5.52 Å². The van der Waals surface area contributed by atoms with Gasteiger partial charge in [-0.15, -0.1) is 0 Å². The van der Waals surface area contributed by atoms with Gasteiger partial charge in [0.05, 0.1) is 31.5 Å². The Morgan fingerprint density at radius 2 is 1.43 bits per heavy atom. The quantitative estimate of drug-likeness (QED) is 0.0456. The summed E-state index contributed by atoms with van der Waals surface area (Å²) in [6, 6.07) is 11.5. The molecule has 3 aromatic rings. The van der Waals surface area contributed by atoms with Gasteiger partial charge >= 0.3 is 8.60 Å². The molecule has 0 aliphatic carbocycles. The van der Waals surface area contributed by atoms with Crippen LogP contribution in [-0.4, -0.2) is 50.5 Å². The van der Waals surface area contributed by atoms with E-state index in [1.54, 1.807) is 10.6 Å². The van der Waals surface area contributed by atoms with Crippen LogP contribution in [0.1, 0.15) is 152 Å². The lowest BCUT2D eigenvalue weighted by atomic mass is 9.99. The summed E-state index contributed by atoms with van der Waals surface area (Å²) in [6.45, 7) is 2.41. The number of nitriles is 2. The van der Waals surface area contributed by atoms with Gasteiger partial charge in [-0.25, -0.2) is 13.9 Å². The minimum absolute atomic E-state index is 0.0815. The van der Waals surface area contributed by atoms with E-state index in [4.69, 9.17) is 29.9 Å². The van der Waals surface area contributed by atoms with Crippen LogP contribution in [0.15, 0.2) is 36.7 Å². The van der Waals surface area contributed by atoms with E-state index in [2.05, 4.69) is 23.1 Å². The normalized spacial score (nSPS) is 12.8. The third-order valence-corrected chi connectivity index (χ3v) is 10.3. The molecule has 4 N–H and O–H groups in total. The van der Waals surface area contributed by atoms with Crippen LogP contribution in [0.2, 0.25) is 0 Å². The van der Waals surface area contributed by atoms with E-state index in [0.717, 1.165) is 30.1 Å². The number of benzene rings is 1. The van der Waals surface area contributed by atoms with Gasteiger partial charge < -0.3 is 29.5 Å². The van der Waals surface area contributed by atoms with Gasteiger partial charge in [0.2, 0.25) is 0 Å². The number of nitrogens with two attached hydrogens (primary N) is 1. The maximum atomic E-state index is 12.5. The first-order valence-electron chi connectivity index (χ1n) is 19.9. The second-order valence-electron chi connectivity index (χ2n) is 13.9. The summed E-state index contributed by atoms with van der Waals surface area (Å²) < 4.78 is 30.7. The first-order chi connectivity index (χ1) is 26.3. The molecular formula is C41H64FN6O5P. The van der Waals surface area contributed by atoms with Gasteiger partial charge in [-0.3, -0.25) is 0 Å². The Kier molecular flexibility index (Phi) is 25.3. The number of fused-ring (bicyclic) bond motifs is 1. The number of hydrogen-bond donors (Lipinski definition) is 3. The fourth-order valence-corrected chi connectivity index (χ4v) is 6.90. The molecule has 0 amide bonds. The average Bonchev–Trinajstić information content (AvgIpc) is 3.61. The van der Waals surface area contributed by atoms with E-state index in [1.807, 2.05) is 12.1 Å². The van der Waals surface area contributed by atoms with Crippen molar-refractivity contribution in [2.24, 2.45) is 0 Å². The van der Waals surface area contributed by atoms with Crippen molar-refractivity contribution >= 4 is 19.9 Å².